The van der Waals surface area contributed by atoms with E-state index in [-0.39, 0.29) is 6.61 Å². The molecule has 0 aliphatic heterocycles. The van der Waals surface area contributed by atoms with Crippen molar-refractivity contribution in [1.29, 1.82) is 0 Å². The highest BCUT2D eigenvalue weighted by atomic mass is 16.3. The molecule has 0 amide bonds. The molecular weight excluding hydrogens is 220 g/mol. The van der Waals surface area contributed by atoms with Crippen LogP contribution in [0.5, 0.6) is 0 Å². The average molecular weight is 236 g/mol. The Kier molecular flexibility index (Phi) is 3.38. The Labute approximate surface area is 98.8 Å². The zero-order valence-corrected chi connectivity index (χ0v) is 9.93. The van der Waals surface area contributed by atoms with Crippen LogP contribution in [0.1, 0.15) is 17.1 Å². The van der Waals surface area contributed by atoms with E-state index < -0.39 is 0 Å². The second-order valence-electron chi connectivity index (χ2n) is 3.86. The van der Waals surface area contributed by atoms with Crippen molar-refractivity contribution >= 4 is 5.69 Å². The van der Waals surface area contributed by atoms with Gasteiger partial charge in [-0.25, -0.2) is 4.68 Å². The Bertz CT molecular complexity index is 469. The molecule has 3 N–H and O–H groups in total. The summed E-state index contributed by atoms with van der Waals surface area (Å²) in [6, 6.07) is 0. The Morgan fingerprint density at radius 1 is 1.47 bits per heavy atom. The number of hydrogen-bond acceptors (Lipinski definition) is 5. The van der Waals surface area contributed by atoms with E-state index in [0.717, 1.165) is 22.8 Å². The van der Waals surface area contributed by atoms with E-state index in [9.17, 15) is 0 Å². The summed E-state index contributed by atoms with van der Waals surface area (Å²) in [7, 11) is 0. The molecule has 2 aromatic rings. The number of nitrogens with zero attached hydrogens (tertiary/aromatic N) is 4. The van der Waals surface area contributed by atoms with Crippen molar-refractivity contribution in [2.24, 2.45) is 0 Å². The third kappa shape index (κ3) is 2.62. The first kappa shape index (κ1) is 11.6. The van der Waals surface area contributed by atoms with E-state index >= 15 is 0 Å². The van der Waals surface area contributed by atoms with E-state index in [1.165, 1.54) is 0 Å². The number of anilines is 1. The smallest absolute Gasteiger partial charge is 0.102 e. The monoisotopic (exact) mass is 236 g/mol. The second-order valence-corrected chi connectivity index (χ2v) is 3.86. The van der Waals surface area contributed by atoms with Gasteiger partial charge in [-0.05, 0) is 13.8 Å². The molecule has 0 aliphatic carbocycles. The molecule has 0 saturated carbocycles. The predicted octanol–water partition coefficient (Wildman–Crippen LogP) is 0.222. The number of aliphatic hydroxyl groups excluding tert-OH is 1. The fourth-order valence-corrected chi connectivity index (χ4v) is 1.62. The van der Waals surface area contributed by atoms with Crippen LogP contribution >= 0.6 is 0 Å². The first-order chi connectivity index (χ1) is 8.20. The number of aryl methyl sites for hydroxylation is 2. The van der Waals surface area contributed by atoms with Gasteiger partial charge in [-0.1, -0.05) is 5.21 Å². The molecule has 2 heterocycles. The molecule has 0 fully saturated rings. The Morgan fingerprint density at radius 2 is 2.29 bits per heavy atom. The number of rotatable bonds is 5. The van der Waals surface area contributed by atoms with Gasteiger partial charge in [-0.3, -0.25) is 5.10 Å². The number of H-pyrrole nitrogens is 1. The van der Waals surface area contributed by atoms with Crippen LogP contribution in [-0.4, -0.2) is 36.9 Å². The van der Waals surface area contributed by atoms with Gasteiger partial charge < -0.3 is 10.4 Å². The summed E-state index contributed by atoms with van der Waals surface area (Å²) in [5.41, 5.74) is 3.77. The molecule has 0 aromatic carbocycles. The van der Waals surface area contributed by atoms with Crippen molar-refractivity contribution in [1.82, 2.24) is 25.2 Å². The molecule has 0 bridgehead atoms. The molecule has 7 nitrogen and oxygen atoms in total. The fraction of sp³-hybridized carbons (Fsp3) is 0.500. The number of aromatic amines is 1. The molecule has 0 spiro atoms. The van der Waals surface area contributed by atoms with Gasteiger partial charge in [0, 0.05) is 0 Å². The largest absolute Gasteiger partial charge is 0.394 e. The number of aromatic nitrogens is 5. The highest BCUT2D eigenvalue weighted by Crippen LogP contribution is 2.16. The Balaban J connectivity index is 1.97. The van der Waals surface area contributed by atoms with Crippen LogP contribution in [0.3, 0.4) is 0 Å². The minimum atomic E-state index is 0.0657. The maximum Gasteiger partial charge on any atom is 0.102 e. The van der Waals surface area contributed by atoms with Gasteiger partial charge in [0.25, 0.3) is 0 Å². The van der Waals surface area contributed by atoms with Crippen molar-refractivity contribution in [3.63, 3.8) is 0 Å². The zero-order valence-electron chi connectivity index (χ0n) is 9.93. The SMILES string of the molecule is Cc1n[nH]c(C)c1NCc1cn(CCO)nn1. The van der Waals surface area contributed by atoms with E-state index in [1.54, 1.807) is 4.68 Å². The Hall–Kier alpha value is -1.89. The lowest BCUT2D eigenvalue weighted by atomic mass is 10.3. The maximum atomic E-state index is 8.77. The molecule has 0 saturated heterocycles. The predicted molar refractivity (Wildman–Crippen MR) is 62.5 cm³/mol. The van der Waals surface area contributed by atoms with Crippen molar-refractivity contribution < 1.29 is 5.11 Å². The number of aliphatic hydroxyl groups is 1. The van der Waals surface area contributed by atoms with Gasteiger partial charge in [0.1, 0.15) is 5.69 Å². The summed E-state index contributed by atoms with van der Waals surface area (Å²) in [4.78, 5) is 0. The number of nitrogens with one attached hydrogen (secondary N) is 2. The van der Waals surface area contributed by atoms with Gasteiger partial charge in [-0.2, -0.15) is 5.10 Å². The highest BCUT2D eigenvalue weighted by molar-refractivity contribution is 5.51. The van der Waals surface area contributed by atoms with E-state index in [0.29, 0.717) is 13.1 Å². The second kappa shape index (κ2) is 4.96. The lowest BCUT2D eigenvalue weighted by molar-refractivity contribution is 0.268. The molecular formula is C10H16N6O. The van der Waals surface area contributed by atoms with Crippen LogP contribution in [0.15, 0.2) is 6.20 Å². The molecule has 0 unspecified atom stereocenters. The van der Waals surface area contributed by atoms with Gasteiger partial charge in [0.05, 0.1) is 43.0 Å². The van der Waals surface area contributed by atoms with E-state index in [2.05, 4.69) is 25.8 Å². The van der Waals surface area contributed by atoms with Crippen molar-refractivity contribution in [2.45, 2.75) is 26.9 Å². The first-order valence-corrected chi connectivity index (χ1v) is 5.46. The van der Waals surface area contributed by atoms with Crippen LogP contribution in [0.25, 0.3) is 0 Å². The molecule has 92 valence electrons. The normalized spacial score (nSPS) is 10.8. The summed E-state index contributed by atoms with van der Waals surface area (Å²) >= 11 is 0. The van der Waals surface area contributed by atoms with Crippen LogP contribution < -0.4 is 5.32 Å². The van der Waals surface area contributed by atoms with Crippen LogP contribution in [-0.2, 0) is 13.1 Å². The third-order valence-electron chi connectivity index (χ3n) is 2.49. The molecule has 17 heavy (non-hydrogen) atoms. The summed E-state index contributed by atoms with van der Waals surface area (Å²) in [6.07, 6.45) is 1.81. The topological polar surface area (TPSA) is 91.7 Å². The van der Waals surface area contributed by atoms with Crippen LogP contribution in [0, 0.1) is 13.8 Å². The zero-order chi connectivity index (χ0) is 12.3. The minimum absolute atomic E-state index is 0.0657. The molecule has 7 heteroatoms. The average Bonchev–Trinajstić information content (AvgIpc) is 2.86. The molecule has 0 atom stereocenters. The van der Waals surface area contributed by atoms with E-state index in [4.69, 9.17) is 5.11 Å². The summed E-state index contributed by atoms with van der Waals surface area (Å²) in [5, 5.41) is 26.9. The van der Waals surface area contributed by atoms with E-state index in [1.807, 2.05) is 20.0 Å². The summed E-state index contributed by atoms with van der Waals surface area (Å²) < 4.78 is 1.62. The maximum absolute atomic E-state index is 8.77. The van der Waals surface area contributed by atoms with Crippen LogP contribution in [0.2, 0.25) is 0 Å². The molecule has 0 aliphatic rings. The number of hydrogen-bond donors (Lipinski definition) is 3. The summed E-state index contributed by atoms with van der Waals surface area (Å²) in [6.45, 7) is 5.03. The Morgan fingerprint density at radius 3 is 2.94 bits per heavy atom. The standard InChI is InChI=1S/C10H16N6O/c1-7-10(8(2)13-12-7)11-5-9-6-16(3-4-17)15-14-9/h6,11,17H,3-5H2,1-2H3,(H,12,13). The lowest BCUT2D eigenvalue weighted by Crippen LogP contribution is -2.02. The lowest BCUT2D eigenvalue weighted by Gasteiger charge is -2.03. The quantitative estimate of drug-likeness (QED) is 0.691. The van der Waals surface area contributed by atoms with Gasteiger partial charge >= 0.3 is 0 Å². The molecule has 0 radical (unpaired) electrons. The first-order valence-electron chi connectivity index (χ1n) is 5.46. The third-order valence-corrected chi connectivity index (χ3v) is 2.49. The van der Waals surface area contributed by atoms with Crippen molar-refractivity contribution in [3.8, 4) is 0 Å². The van der Waals surface area contributed by atoms with Crippen molar-refractivity contribution in [2.75, 3.05) is 11.9 Å². The van der Waals surface area contributed by atoms with Gasteiger partial charge in [-0.15, -0.1) is 5.10 Å². The van der Waals surface area contributed by atoms with Crippen LogP contribution in [0.4, 0.5) is 5.69 Å². The molecule has 2 aromatic heterocycles. The molecule has 2 rings (SSSR count). The highest BCUT2D eigenvalue weighted by Gasteiger charge is 2.06. The van der Waals surface area contributed by atoms with Gasteiger partial charge in [0.15, 0.2) is 0 Å². The van der Waals surface area contributed by atoms with Gasteiger partial charge in [0.2, 0.25) is 0 Å². The summed E-state index contributed by atoms with van der Waals surface area (Å²) in [5.74, 6) is 0. The minimum Gasteiger partial charge on any atom is -0.394 e. The van der Waals surface area contributed by atoms with Crippen molar-refractivity contribution in [3.05, 3.63) is 23.3 Å². The fourth-order valence-electron chi connectivity index (χ4n) is 1.62.